The Morgan fingerprint density at radius 2 is 1.95 bits per heavy atom. The van der Waals surface area contributed by atoms with Gasteiger partial charge in [-0.05, 0) is 30.7 Å². The predicted octanol–water partition coefficient (Wildman–Crippen LogP) is 3.13. The maximum atomic E-state index is 13.9. The van der Waals surface area contributed by atoms with Gasteiger partial charge in [-0.3, -0.25) is 0 Å². The van der Waals surface area contributed by atoms with E-state index in [1.165, 1.54) is 6.07 Å². The van der Waals surface area contributed by atoms with Crippen LogP contribution < -0.4 is 10.5 Å². The van der Waals surface area contributed by atoms with Crippen LogP contribution in [0.1, 0.15) is 24.1 Å². The summed E-state index contributed by atoms with van der Waals surface area (Å²) in [5.74, 6) is 0.0882. The quantitative estimate of drug-likeness (QED) is 0.889. The van der Waals surface area contributed by atoms with Crippen LogP contribution in [0.3, 0.4) is 0 Å². The zero-order valence-corrected chi connectivity index (χ0v) is 10.6. The summed E-state index contributed by atoms with van der Waals surface area (Å²) >= 11 is 0. The molecule has 0 bridgehead atoms. The van der Waals surface area contributed by atoms with Crippen molar-refractivity contribution in [1.82, 2.24) is 0 Å². The van der Waals surface area contributed by atoms with Crippen molar-refractivity contribution in [2.45, 2.75) is 19.6 Å². The molecule has 1 atom stereocenters. The van der Waals surface area contributed by atoms with Gasteiger partial charge in [-0.1, -0.05) is 24.3 Å². The third-order valence-corrected chi connectivity index (χ3v) is 2.84. The minimum atomic E-state index is -0.470. The van der Waals surface area contributed by atoms with E-state index in [9.17, 15) is 9.50 Å². The fraction of sp³-hybridized carbons (Fsp3) is 0.200. The fourth-order valence-corrected chi connectivity index (χ4v) is 1.74. The molecule has 0 aliphatic rings. The molecule has 0 aliphatic carbocycles. The Balaban J connectivity index is 2.28. The molecule has 0 amide bonds. The SMILES string of the molecule is C[C@H](N)c1ccc(Oc2ccccc2CO)c(F)c1. The van der Waals surface area contributed by atoms with Gasteiger partial charge >= 0.3 is 0 Å². The first kappa shape index (κ1) is 13.5. The van der Waals surface area contributed by atoms with Crippen molar-refractivity contribution < 1.29 is 14.2 Å². The van der Waals surface area contributed by atoms with Crippen molar-refractivity contribution in [2.24, 2.45) is 5.73 Å². The summed E-state index contributed by atoms with van der Waals surface area (Å²) in [4.78, 5) is 0. The highest BCUT2D eigenvalue weighted by Crippen LogP contribution is 2.28. The molecule has 0 radical (unpaired) electrons. The Morgan fingerprint density at radius 3 is 2.58 bits per heavy atom. The summed E-state index contributed by atoms with van der Waals surface area (Å²) in [5, 5.41) is 9.19. The van der Waals surface area contributed by atoms with Crippen molar-refractivity contribution >= 4 is 0 Å². The summed E-state index contributed by atoms with van der Waals surface area (Å²) < 4.78 is 19.4. The average Bonchev–Trinajstić information content (AvgIpc) is 2.41. The molecule has 100 valence electrons. The molecular formula is C15H16FNO2. The molecule has 0 unspecified atom stereocenters. The molecule has 2 aromatic carbocycles. The van der Waals surface area contributed by atoms with Gasteiger partial charge in [0.2, 0.25) is 0 Å². The topological polar surface area (TPSA) is 55.5 Å². The van der Waals surface area contributed by atoms with E-state index in [1.807, 2.05) is 0 Å². The summed E-state index contributed by atoms with van der Waals surface area (Å²) in [6, 6.07) is 11.4. The number of hydrogen-bond donors (Lipinski definition) is 2. The van der Waals surface area contributed by atoms with Crippen LogP contribution in [0, 0.1) is 5.82 Å². The van der Waals surface area contributed by atoms with E-state index < -0.39 is 5.82 Å². The van der Waals surface area contributed by atoms with Crippen LogP contribution >= 0.6 is 0 Å². The molecule has 3 nitrogen and oxygen atoms in total. The summed E-state index contributed by atoms with van der Waals surface area (Å²) in [5.41, 5.74) is 7.01. The van der Waals surface area contributed by atoms with Crippen LogP contribution in [0.2, 0.25) is 0 Å². The lowest BCUT2D eigenvalue weighted by atomic mass is 10.1. The molecule has 0 spiro atoms. The van der Waals surface area contributed by atoms with Crippen LogP contribution in [0.15, 0.2) is 42.5 Å². The Kier molecular flexibility index (Phi) is 4.14. The minimum absolute atomic E-state index is 0.116. The minimum Gasteiger partial charge on any atom is -0.454 e. The number of ether oxygens (including phenoxy) is 1. The number of benzene rings is 2. The van der Waals surface area contributed by atoms with E-state index in [0.717, 1.165) is 0 Å². The van der Waals surface area contributed by atoms with Gasteiger partial charge in [0, 0.05) is 11.6 Å². The number of nitrogens with two attached hydrogens (primary N) is 1. The number of aliphatic hydroxyl groups excluding tert-OH is 1. The monoisotopic (exact) mass is 261 g/mol. The maximum Gasteiger partial charge on any atom is 0.166 e. The smallest absolute Gasteiger partial charge is 0.166 e. The zero-order chi connectivity index (χ0) is 13.8. The number of rotatable bonds is 4. The lowest BCUT2D eigenvalue weighted by Gasteiger charge is -2.12. The second-order valence-electron chi connectivity index (χ2n) is 4.35. The highest BCUT2D eigenvalue weighted by Gasteiger charge is 2.10. The van der Waals surface area contributed by atoms with Crippen LogP contribution in [0.25, 0.3) is 0 Å². The van der Waals surface area contributed by atoms with Gasteiger partial charge in [0.25, 0.3) is 0 Å². The standard InChI is InChI=1S/C15H16FNO2/c1-10(17)11-6-7-15(13(16)8-11)19-14-5-3-2-4-12(14)9-18/h2-8,10,18H,9,17H2,1H3/t10-/m0/s1. The normalized spacial score (nSPS) is 12.2. The summed E-state index contributed by atoms with van der Waals surface area (Å²) in [6.07, 6.45) is 0. The largest absolute Gasteiger partial charge is 0.454 e. The molecule has 2 aromatic rings. The van der Waals surface area contributed by atoms with Gasteiger partial charge in [0.05, 0.1) is 6.61 Å². The third kappa shape index (κ3) is 3.10. The molecule has 0 fully saturated rings. The van der Waals surface area contributed by atoms with E-state index in [-0.39, 0.29) is 18.4 Å². The summed E-state index contributed by atoms with van der Waals surface area (Å²) in [7, 11) is 0. The molecular weight excluding hydrogens is 245 g/mol. The van der Waals surface area contributed by atoms with Crippen molar-refractivity contribution in [1.29, 1.82) is 0 Å². The van der Waals surface area contributed by atoms with E-state index in [0.29, 0.717) is 16.9 Å². The third-order valence-electron chi connectivity index (χ3n) is 2.84. The van der Waals surface area contributed by atoms with E-state index in [1.54, 1.807) is 43.3 Å². The predicted molar refractivity (Wildman–Crippen MR) is 71.4 cm³/mol. The number of hydrogen-bond acceptors (Lipinski definition) is 3. The molecule has 0 saturated carbocycles. The Hall–Kier alpha value is -1.91. The number of aliphatic hydroxyl groups is 1. The second-order valence-corrected chi connectivity index (χ2v) is 4.35. The van der Waals surface area contributed by atoms with Crippen LogP contribution in [-0.4, -0.2) is 5.11 Å². The first-order valence-electron chi connectivity index (χ1n) is 6.03. The summed E-state index contributed by atoms with van der Waals surface area (Å²) in [6.45, 7) is 1.63. The second kappa shape index (κ2) is 5.82. The number of para-hydroxylation sites is 1. The number of halogens is 1. The first-order valence-corrected chi connectivity index (χ1v) is 6.03. The Labute approximate surface area is 111 Å². The van der Waals surface area contributed by atoms with E-state index >= 15 is 0 Å². The zero-order valence-electron chi connectivity index (χ0n) is 10.6. The fourth-order valence-electron chi connectivity index (χ4n) is 1.74. The van der Waals surface area contributed by atoms with Gasteiger partial charge in [0.1, 0.15) is 5.75 Å². The molecule has 3 N–H and O–H groups in total. The average molecular weight is 261 g/mol. The highest BCUT2D eigenvalue weighted by molar-refractivity contribution is 5.39. The highest BCUT2D eigenvalue weighted by atomic mass is 19.1. The van der Waals surface area contributed by atoms with E-state index in [2.05, 4.69) is 0 Å². The van der Waals surface area contributed by atoms with E-state index in [4.69, 9.17) is 10.5 Å². The molecule has 0 saturated heterocycles. The molecule has 4 heteroatoms. The van der Waals surface area contributed by atoms with Gasteiger partial charge in [-0.25, -0.2) is 4.39 Å². The van der Waals surface area contributed by atoms with Crippen LogP contribution in [0.5, 0.6) is 11.5 Å². The lowest BCUT2D eigenvalue weighted by Crippen LogP contribution is -2.05. The van der Waals surface area contributed by atoms with Gasteiger partial charge < -0.3 is 15.6 Å². The van der Waals surface area contributed by atoms with Crippen molar-refractivity contribution in [2.75, 3.05) is 0 Å². The van der Waals surface area contributed by atoms with Gasteiger partial charge in [-0.2, -0.15) is 0 Å². The van der Waals surface area contributed by atoms with Crippen molar-refractivity contribution in [3.05, 3.63) is 59.4 Å². The molecule has 2 rings (SSSR count). The molecule has 0 heterocycles. The molecule has 0 aliphatic heterocycles. The van der Waals surface area contributed by atoms with Gasteiger partial charge in [-0.15, -0.1) is 0 Å². The lowest BCUT2D eigenvalue weighted by molar-refractivity contribution is 0.276. The van der Waals surface area contributed by atoms with Crippen LogP contribution in [-0.2, 0) is 6.61 Å². The van der Waals surface area contributed by atoms with Crippen molar-refractivity contribution in [3.63, 3.8) is 0 Å². The Morgan fingerprint density at radius 1 is 1.21 bits per heavy atom. The molecule has 0 aromatic heterocycles. The maximum absolute atomic E-state index is 13.9. The Bertz CT molecular complexity index is 570. The molecule has 19 heavy (non-hydrogen) atoms. The van der Waals surface area contributed by atoms with Crippen LogP contribution in [0.4, 0.5) is 4.39 Å². The van der Waals surface area contributed by atoms with Gasteiger partial charge in [0.15, 0.2) is 11.6 Å². The first-order chi connectivity index (χ1) is 9.11. The van der Waals surface area contributed by atoms with Crippen molar-refractivity contribution in [3.8, 4) is 11.5 Å².